The van der Waals surface area contributed by atoms with E-state index in [0.717, 1.165) is 23.1 Å². The highest BCUT2D eigenvalue weighted by atomic mass is 19.4. The number of hydrogen-bond donors (Lipinski definition) is 1. The standard InChI is InChI=1S/C27H24F3NO5/c1-15(2)14-36-20-10-9-17(12-16(20)3)24(32)22-23(21-8-5-11-35-21)31(26(34)25(22)33)19-7-4-6-18(13-19)27(28,29)30/h4-13,15,23,32H,14H2,1-3H3/b24-22-. The van der Waals surface area contributed by atoms with Gasteiger partial charge in [-0.2, -0.15) is 13.2 Å². The molecule has 188 valence electrons. The number of ether oxygens (including phenoxy) is 1. The Bertz CT molecular complexity index is 1330. The van der Waals surface area contributed by atoms with Crippen molar-refractivity contribution < 1.29 is 37.0 Å². The molecule has 1 fully saturated rings. The number of halogens is 3. The molecule has 1 aromatic heterocycles. The van der Waals surface area contributed by atoms with Gasteiger partial charge in [-0.15, -0.1) is 0 Å². The molecule has 1 saturated heterocycles. The number of hydrogen-bond acceptors (Lipinski definition) is 5. The van der Waals surface area contributed by atoms with Crippen molar-refractivity contribution in [3.05, 3.63) is 88.9 Å². The fourth-order valence-corrected chi connectivity index (χ4v) is 4.02. The Morgan fingerprint density at radius 2 is 1.86 bits per heavy atom. The van der Waals surface area contributed by atoms with Gasteiger partial charge in [-0.05, 0) is 66.9 Å². The van der Waals surface area contributed by atoms with E-state index in [-0.39, 0.29) is 22.6 Å². The summed E-state index contributed by atoms with van der Waals surface area (Å²) in [4.78, 5) is 27.1. The molecule has 0 spiro atoms. The lowest BCUT2D eigenvalue weighted by Crippen LogP contribution is -2.29. The van der Waals surface area contributed by atoms with Crippen LogP contribution in [0, 0.1) is 12.8 Å². The van der Waals surface area contributed by atoms with Gasteiger partial charge in [-0.3, -0.25) is 14.5 Å². The molecule has 2 heterocycles. The third kappa shape index (κ3) is 4.73. The second-order valence-electron chi connectivity index (χ2n) is 8.92. The van der Waals surface area contributed by atoms with Crippen LogP contribution in [0.1, 0.15) is 42.3 Å². The smallest absolute Gasteiger partial charge is 0.416 e. The molecule has 36 heavy (non-hydrogen) atoms. The second kappa shape index (κ2) is 9.56. The summed E-state index contributed by atoms with van der Waals surface area (Å²) in [6.45, 7) is 6.28. The average Bonchev–Trinajstić information content (AvgIpc) is 3.44. The summed E-state index contributed by atoms with van der Waals surface area (Å²) in [6, 6.07) is 10.6. The zero-order chi connectivity index (χ0) is 26.2. The number of benzene rings is 2. The van der Waals surface area contributed by atoms with Gasteiger partial charge in [0.05, 0.1) is 24.0 Å². The SMILES string of the molecule is Cc1cc(/C(O)=C2/C(=O)C(=O)N(c3cccc(C(F)(F)F)c3)C2c2ccco2)ccc1OCC(C)C. The Morgan fingerprint density at radius 1 is 1.11 bits per heavy atom. The topological polar surface area (TPSA) is 80.0 Å². The first-order valence-electron chi connectivity index (χ1n) is 11.2. The van der Waals surface area contributed by atoms with Gasteiger partial charge in [-0.25, -0.2) is 0 Å². The fraction of sp³-hybridized carbons (Fsp3) is 0.259. The largest absolute Gasteiger partial charge is 0.507 e. The second-order valence-corrected chi connectivity index (χ2v) is 8.92. The van der Waals surface area contributed by atoms with E-state index in [1.54, 1.807) is 25.1 Å². The highest BCUT2D eigenvalue weighted by molar-refractivity contribution is 6.51. The van der Waals surface area contributed by atoms with Crippen LogP contribution in [0.15, 0.2) is 70.9 Å². The number of nitrogens with zero attached hydrogens (tertiary/aromatic N) is 1. The Labute approximate surface area is 205 Å². The molecule has 1 N–H and O–H groups in total. The van der Waals surface area contributed by atoms with Gasteiger partial charge in [0.1, 0.15) is 23.3 Å². The molecule has 6 nitrogen and oxygen atoms in total. The maximum atomic E-state index is 13.3. The van der Waals surface area contributed by atoms with Crippen molar-refractivity contribution in [1.82, 2.24) is 0 Å². The van der Waals surface area contributed by atoms with Crippen molar-refractivity contribution in [2.24, 2.45) is 5.92 Å². The number of aliphatic hydroxyl groups is 1. The monoisotopic (exact) mass is 499 g/mol. The first-order chi connectivity index (χ1) is 17.0. The minimum absolute atomic E-state index is 0.113. The van der Waals surface area contributed by atoms with Crippen LogP contribution < -0.4 is 9.64 Å². The normalized spacial score (nSPS) is 17.8. The summed E-state index contributed by atoms with van der Waals surface area (Å²) < 4.78 is 51.2. The molecule has 0 saturated carbocycles. The van der Waals surface area contributed by atoms with Crippen LogP contribution in [-0.2, 0) is 15.8 Å². The molecule has 1 unspecified atom stereocenters. The number of furan rings is 1. The van der Waals surface area contributed by atoms with Crippen LogP contribution in [0.25, 0.3) is 5.76 Å². The number of aliphatic hydroxyl groups excluding tert-OH is 1. The minimum atomic E-state index is -4.65. The molecule has 4 rings (SSSR count). The van der Waals surface area contributed by atoms with Gasteiger partial charge >= 0.3 is 6.18 Å². The van der Waals surface area contributed by atoms with Crippen molar-refractivity contribution >= 4 is 23.1 Å². The first-order valence-corrected chi connectivity index (χ1v) is 11.2. The zero-order valence-electron chi connectivity index (χ0n) is 19.8. The number of rotatable bonds is 6. The summed E-state index contributed by atoms with van der Waals surface area (Å²) >= 11 is 0. The number of carbonyl (C=O) groups is 2. The van der Waals surface area contributed by atoms with Crippen LogP contribution in [0.3, 0.4) is 0 Å². The number of amides is 1. The van der Waals surface area contributed by atoms with Crippen LogP contribution in [0.5, 0.6) is 5.75 Å². The third-order valence-corrected chi connectivity index (χ3v) is 5.73. The van der Waals surface area contributed by atoms with Crippen molar-refractivity contribution in [2.45, 2.75) is 33.0 Å². The zero-order valence-corrected chi connectivity index (χ0v) is 19.8. The van der Waals surface area contributed by atoms with E-state index in [4.69, 9.17) is 9.15 Å². The van der Waals surface area contributed by atoms with Crippen molar-refractivity contribution in [2.75, 3.05) is 11.5 Å². The van der Waals surface area contributed by atoms with E-state index in [1.165, 1.54) is 24.5 Å². The Morgan fingerprint density at radius 3 is 2.47 bits per heavy atom. The number of anilines is 1. The molecule has 1 aliphatic heterocycles. The predicted molar refractivity (Wildman–Crippen MR) is 126 cm³/mol. The van der Waals surface area contributed by atoms with Crippen LogP contribution in [0.4, 0.5) is 18.9 Å². The van der Waals surface area contributed by atoms with E-state index < -0.39 is 35.2 Å². The van der Waals surface area contributed by atoms with E-state index in [2.05, 4.69) is 0 Å². The van der Waals surface area contributed by atoms with Crippen molar-refractivity contribution in [1.29, 1.82) is 0 Å². The highest BCUT2D eigenvalue weighted by Gasteiger charge is 2.48. The van der Waals surface area contributed by atoms with Gasteiger partial charge in [0, 0.05) is 11.3 Å². The van der Waals surface area contributed by atoms with Crippen molar-refractivity contribution in [3.8, 4) is 5.75 Å². The molecule has 1 atom stereocenters. The fourth-order valence-electron chi connectivity index (χ4n) is 4.02. The molecule has 1 aliphatic rings. The number of aryl methyl sites for hydroxylation is 1. The quantitative estimate of drug-likeness (QED) is 0.246. The van der Waals surface area contributed by atoms with E-state index in [9.17, 15) is 27.9 Å². The Balaban J connectivity index is 1.83. The third-order valence-electron chi connectivity index (χ3n) is 5.73. The van der Waals surface area contributed by atoms with Gasteiger partial charge in [-0.1, -0.05) is 19.9 Å². The van der Waals surface area contributed by atoms with E-state index >= 15 is 0 Å². The number of carbonyl (C=O) groups excluding carboxylic acids is 2. The number of ketones is 1. The van der Waals surface area contributed by atoms with E-state index in [0.29, 0.717) is 23.8 Å². The summed E-state index contributed by atoms with van der Waals surface area (Å²) in [5, 5.41) is 11.2. The van der Waals surface area contributed by atoms with Gasteiger partial charge in [0.2, 0.25) is 0 Å². The molecule has 3 aromatic rings. The van der Waals surface area contributed by atoms with Gasteiger partial charge < -0.3 is 14.3 Å². The van der Waals surface area contributed by atoms with Crippen LogP contribution >= 0.6 is 0 Å². The molecule has 9 heteroatoms. The summed E-state index contributed by atoms with van der Waals surface area (Å²) in [7, 11) is 0. The predicted octanol–water partition coefficient (Wildman–Crippen LogP) is 6.27. The maximum absolute atomic E-state index is 13.3. The van der Waals surface area contributed by atoms with Crippen LogP contribution in [-0.4, -0.2) is 23.4 Å². The molecular formula is C27H24F3NO5. The summed E-state index contributed by atoms with van der Waals surface area (Å²) in [5.41, 5.74) is -0.472. The molecule has 0 aliphatic carbocycles. The Hall–Kier alpha value is -4.01. The molecule has 1 amide bonds. The van der Waals surface area contributed by atoms with Gasteiger partial charge in [0.15, 0.2) is 0 Å². The average molecular weight is 499 g/mol. The molecule has 2 aromatic carbocycles. The Kier molecular flexibility index (Phi) is 6.67. The number of Topliss-reactive ketones (excluding diaryl/α,β-unsaturated/α-hetero) is 1. The first kappa shape index (κ1) is 25.1. The summed E-state index contributed by atoms with van der Waals surface area (Å²) in [6.07, 6.45) is -3.34. The highest BCUT2D eigenvalue weighted by Crippen LogP contribution is 2.43. The molecule has 0 bridgehead atoms. The minimum Gasteiger partial charge on any atom is -0.507 e. The lowest BCUT2D eigenvalue weighted by molar-refractivity contribution is -0.137. The van der Waals surface area contributed by atoms with Crippen molar-refractivity contribution in [3.63, 3.8) is 0 Å². The lowest BCUT2D eigenvalue weighted by atomic mass is 9.98. The lowest BCUT2D eigenvalue weighted by Gasteiger charge is -2.24. The maximum Gasteiger partial charge on any atom is 0.416 e. The molecular weight excluding hydrogens is 475 g/mol. The summed E-state index contributed by atoms with van der Waals surface area (Å²) in [5.74, 6) is -1.57. The molecule has 0 radical (unpaired) electrons. The van der Waals surface area contributed by atoms with Crippen LogP contribution in [0.2, 0.25) is 0 Å². The van der Waals surface area contributed by atoms with Gasteiger partial charge in [0.25, 0.3) is 11.7 Å². The van der Waals surface area contributed by atoms with E-state index in [1.807, 2.05) is 13.8 Å². The number of alkyl halides is 3.